The van der Waals surface area contributed by atoms with Crippen LogP contribution in [0.2, 0.25) is 0 Å². The van der Waals surface area contributed by atoms with E-state index < -0.39 is 23.2 Å². The molecule has 5 heteroatoms. The summed E-state index contributed by atoms with van der Waals surface area (Å²) in [7, 11) is 0. The molecule has 0 aliphatic carbocycles. The molecule has 0 saturated carbocycles. The average Bonchev–Trinajstić information content (AvgIpc) is 2.00. The zero-order chi connectivity index (χ0) is 9.14. The van der Waals surface area contributed by atoms with Crippen LogP contribution in [0.15, 0.2) is 12.1 Å². The van der Waals surface area contributed by atoms with Gasteiger partial charge in [0.2, 0.25) is 5.82 Å². The van der Waals surface area contributed by atoms with Gasteiger partial charge >= 0.3 is 0 Å². The van der Waals surface area contributed by atoms with Crippen molar-refractivity contribution in [1.82, 2.24) is 0 Å². The molecular weight excluding hydrogens is 173 g/mol. The summed E-state index contributed by atoms with van der Waals surface area (Å²) in [5.74, 6) is -4.55. The molecule has 0 radical (unpaired) electrons. The van der Waals surface area contributed by atoms with Gasteiger partial charge in [0.05, 0.1) is 0 Å². The zero-order valence-electron chi connectivity index (χ0n) is 5.68. The summed E-state index contributed by atoms with van der Waals surface area (Å²) in [6, 6.07) is 0.930. The second-order valence-corrected chi connectivity index (χ2v) is 1.91. The minimum atomic E-state index is -1.40. The molecule has 2 nitrogen and oxygen atoms in total. The molecule has 0 atom stereocenters. The zero-order valence-corrected chi connectivity index (χ0v) is 5.68. The first kappa shape index (κ1) is 8.58. The Morgan fingerprint density at radius 1 is 1.25 bits per heavy atom. The molecule has 1 aromatic carbocycles. The fraction of sp³-hybridized carbons (Fsp3) is 0. The van der Waals surface area contributed by atoms with E-state index in [4.69, 9.17) is 0 Å². The van der Waals surface area contributed by atoms with E-state index in [9.17, 15) is 18.0 Å². The number of carbonyl (C=O) groups excluding carboxylic acids is 1. The van der Waals surface area contributed by atoms with Crippen molar-refractivity contribution in [1.29, 1.82) is 0 Å². The molecular formula is C7H3F3O2. The van der Waals surface area contributed by atoms with Gasteiger partial charge in [-0.3, -0.25) is 4.79 Å². The lowest BCUT2D eigenvalue weighted by molar-refractivity contribution is -0.120. The van der Waals surface area contributed by atoms with E-state index in [0.717, 1.165) is 0 Å². The van der Waals surface area contributed by atoms with Gasteiger partial charge in [0.25, 0.3) is 6.47 Å². The Bertz CT molecular complexity index is 312. The maximum absolute atomic E-state index is 12.5. The number of hydrogen-bond acceptors (Lipinski definition) is 2. The third kappa shape index (κ3) is 1.55. The second-order valence-electron chi connectivity index (χ2n) is 1.91. The highest BCUT2D eigenvalue weighted by Crippen LogP contribution is 2.20. The summed E-state index contributed by atoms with van der Waals surface area (Å²) in [6.07, 6.45) is 0. The third-order valence-corrected chi connectivity index (χ3v) is 1.13. The van der Waals surface area contributed by atoms with Crippen molar-refractivity contribution in [2.45, 2.75) is 0 Å². The predicted molar refractivity (Wildman–Crippen MR) is 33.0 cm³/mol. The van der Waals surface area contributed by atoms with E-state index in [1.54, 1.807) is 0 Å². The Kier molecular flexibility index (Phi) is 2.32. The lowest BCUT2D eigenvalue weighted by Crippen LogP contribution is -1.96. The summed E-state index contributed by atoms with van der Waals surface area (Å²) in [6.45, 7) is -0.114. The van der Waals surface area contributed by atoms with E-state index in [-0.39, 0.29) is 6.47 Å². The first-order valence-electron chi connectivity index (χ1n) is 2.90. The van der Waals surface area contributed by atoms with E-state index in [1.165, 1.54) is 0 Å². The Labute approximate surface area is 65.6 Å². The smallest absolute Gasteiger partial charge is 0.298 e. The summed E-state index contributed by atoms with van der Waals surface area (Å²) >= 11 is 0. The summed E-state index contributed by atoms with van der Waals surface area (Å²) < 4.78 is 41.2. The predicted octanol–water partition coefficient (Wildman–Crippen LogP) is 1.64. The van der Waals surface area contributed by atoms with Crippen molar-refractivity contribution in [3.05, 3.63) is 29.6 Å². The van der Waals surface area contributed by atoms with Crippen LogP contribution in [-0.4, -0.2) is 6.47 Å². The van der Waals surface area contributed by atoms with Crippen LogP contribution in [0.25, 0.3) is 0 Å². The normalized spacial score (nSPS) is 9.58. The molecule has 0 saturated heterocycles. The minimum Gasteiger partial charge on any atom is -0.425 e. The van der Waals surface area contributed by atoms with Crippen molar-refractivity contribution in [2.24, 2.45) is 0 Å². The molecule has 0 aliphatic rings. The largest absolute Gasteiger partial charge is 0.425 e. The Morgan fingerprint density at radius 3 is 2.50 bits per heavy atom. The molecule has 0 N–H and O–H groups in total. The van der Waals surface area contributed by atoms with Crippen molar-refractivity contribution < 1.29 is 22.7 Å². The minimum absolute atomic E-state index is 0.114. The lowest BCUT2D eigenvalue weighted by atomic mass is 10.3. The number of rotatable bonds is 2. The van der Waals surface area contributed by atoms with Crippen LogP contribution < -0.4 is 4.74 Å². The molecule has 0 spiro atoms. The first-order chi connectivity index (χ1) is 5.65. The number of carbonyl (C=O) groups is 1. The fourth-order valence-electron chi connectivity index (χ4n) is 0.670. The fourth-order valence-corrected chi connectivity index (χ4v) is 0.670. The molecule has 1 aromatic rings. The van der Waals surface area contributed by atoms with Crippen LogP contribution in [0.4, 0.5) is 13.2 Å². The molecule has 0 heterocycles. The van der Waals surface area contributed by atoms with Gasteiger partial charge in [-0.05, 0) is 0 Å². The highest BCUT2D eigenvalue weighted by atomic mass is 19.2. The van der Waals surface area contributed by atoms with E-state index >= 15 is 0 Å². The van der Waals surface area contributed by atoms with Crippen LogP contribution >= 0.6 is 0 Å². The maximum atomic E-state index is 12.5. The van der Waals surface area contributed by atoms with Gasteiger partial charge in [0.15, 0.2) is 11.6 Å². The van der Waals surface area contributed by atoms with Gasteiger partial charge in [-0.25, -0.2) is 8.78 Å². The van der Waals surface area contributed by atoms with Gasteiger partial charge in [-0.2, -0.15) is 4.39 Å². The van der Waals surface area contributed by atoms with Crippen LogP contribution in [0.1, 0.15) is 0 Å². The van der Waals surface area contributed by atoms with E-state index in [2.05, 4.69) is 4.74 Å². The lowest BCUT2D eigenvalue weighted by Gasteiger charge is -1.99. The molecule has 0 unspecified atom stereocenters. The average molecular weight is 176 g/mol. The Hall–Kier alpha value is -1.52. The summed E-state index contributed by atoms with van der Waals surface area (Å²) in [5, 5.41) is 0. The highest BCUT2D eigenvalue weighted by molar-refractivity contribution is 5.45. The van der Waals surface area contributed by atoms with E-state index in [1.807, 2.05) is 0 Å². The maximum Gasteiger partial charge on any atom is 0.298 e. The van der Waals surface area contributed by atoms with Crippen LogP contribution in [0.3, 0.4) is 0 Å². The van der Waals surface area contributed by atoms with Crippen LogP contribution in [0, 0.1) is 17.5 Å². The molecule has 12 heavy (non-hydrogen) atoms. The second kappa shape index (κ2) is 3.25. The summed E-state index contributed by atoms with van der Waals surface area (Å²) in [5.41, 5.74) is 0. The van der Waals surface area contributed by atoms with Gasteiger partial charge in [-0.1, -0.05) is 0 Å². The SMILES string of the molecule is O=COc1cc(F)cc(F)c1F. The van der Waals surface area contributed by atoms with Gasteiger partial charge in [0, 0.05) is 12.1 Å². The van der Waals surface area contributed by atoms with Gasteiger partial charge in [0.1, 0.15) is 5.82 Å². The van der Waals surface area contributed by atoms with Crippen molar-refractivity contribution >= 4 is 6.47 Å². The Balaban J connectivity index is 3.17. The monoisotopic (exact) mass is 176 g/mol. The molecule has 0 fully saturated rings. The molecule has 64 valence electrons. The molecule has 0 bridgehead atoms. The van der Waals surface area contributed by atoms with Gasteiger partial charge in [-0.15, -0.1) is 0 Å². The van der Waals surface area contributed by atoms with Crippen molar-refractivity contribution in [3.63, 3.8) is 0 Å². The first-order valence-corrected chi connectivity index (χ1v) is 2.90. The van der Waals surface area contributed by atoms with Gasteiger partial charge < -0.3 is 4.74 Å². The standard InChI is InChI=1S/C7H3F3O2/c8-4-1-5(9)7(10)6(2-4)12-3-11/h1-3H. The van der Waals surface area contributed by atoms with Crippen molar-refractivity contribution in [2.75, 3.05) is 0 Å². The van der Waals surface area contributed by atoms with E-state index in [0.29, 0.717) is 12.1 Å². The number of benzene rings is 1. The molecule has 0 aliphatic heterocycles. The topological polar surface area (TPSA) is 26.3 Å². The number of hydrogen-bond donors (Lipinski definition) is 0. The number of ether oxygens (including phenoxy) is 1. The van der Waals surface area contributed by atoms with Crippen molar-refractivity contribution in [3.8, 4) is 5.75 Å². The number of halogens is 3. The molecule has 0 amide bonds. The molecule has 0 aromatic heterocycles. The van der Waals surface area contributed by atoms with Crippen LogP contribution in [0.5, 0.6) is 5.75 Å². The summed E-state index contributed by atoms with van der Waals surface area (Å²) in [4.78, 5) is 9.72. The van der Waals surface area contributed by atoms with Crippen LogP contribution in [-0.2, 0) is 4.79 Å². The quantitative estimate of drug-likeness (QED) is 0.505. The third-order valence-electron chi connectivity index (χ3n) is 1.13. The Morgan fingerprint density at radius 2 is 1.92 bits per heavy atom. The highest BCUT2D eigenvalue weighted by Gasteiger charge is 2.11. The molecule has 1 rings (SSSR count).